The zero-order chi connectivity index (χ0) is 13.1. The summed E-state index contributed by atoms with van der Waals surface area (Å²) >= 11 is 0. The molecule has 0 radical (unpaired) electrons. The highest BCUT2D eigenvalue weighted by atomic mass is 15.1. The topological polar surface area (TPSA) is 45.6 Å². The Kier molecular flexibility index (Phi) is 3.33. The van der Waals surface area contributed by atoms with Crippen molar-refractivity contribution in [2.45, 2.75) is 26.1 Å². The summed E-state index contributed by atoms with van der Waals surface area (Å²) in [6.45, 7) is 4.01. The van der Waals surface area contributed by atoms with Gasteiger partial charge in [-0.25, -0.2) is 4.98 Å². The number of nitrogens with one attached hydrogen (secondary N) is 2. The fourth-order valence-corrected chi connectivity index (χ4v) is 2.28. The predicted molar refractivity (Wildman–Crippen MR) is 76.8 cm³/mol. The molecule has 0 spiro atoms. The Morgan fingerprint density at radius 3 is 3.16 bits per heavy atom. The van der Waals surface area contributed by atoms with Crippen LogP contribution in [0.3, 0.4) is 0 Å². The smallest absolute Gasteiger partial charge is 0.0946 e. The fraction of sp³-hybridized carbons (Fsp3) is 0.267. The van der Waals surface area contributed by atoms with Crippen LogP contribution in [0.25, 0.3) is 10.9 Å². The Hall–Kier alpha value is -2.07. The summed E-state index contributed by atoms with van der Waals surface area (Å²) in [5, 5.41) is 4.80. The molecule has 19 heavy (non-hydrogen) atoms. The molecule has 2 heterocycles. The molecule has 4 nitrogen and oxygen atoms in total. The first kappa shape index (κ1) is 12.0. The number of nitrogens with zero attached hydrogens (tertiary/aromatic N) is 2. The standard InChI is InChI=1S/C15H18N4/c1-12(10-19-7-6-16-11-19)18-9-13-2-3-15-14(8-13)4-5-17-15/h2-8,11-12,17-18H,9-10H2,1H3. The molecule has 0 bridgehead atoms. The van der Waals surface area contributed by atoms with E-state index in [0.717, 1.165) is 13.1 Å². The average Bonchev–Trinajstić information content (AvgIpc) is 3.06. The highest BCUT2D eigenvalue weighted by molar-refractivity contribution is 5.79. The summed E-state index contributed by atoms with van der Waals surface area (Å²) in [7, 11) is 0. The van der Waals surface area contributed by atoms with Crippen LogP contribution in [0.5, 0.6) is 0 Å². The first-order valence-corrected chi connectivity index (χ1v) is 6.56. The van der Waals surface area contributed by atoms with Crippen molar-refractivity contribution in [1.29, 1.82) is 0 Å². The Morgan fingerprint density at radius 2 is 2.32 bits per heavy atom. The maximum Gasteiger partial charge on any atom is 0.0946 e. The SMILES string of the molecule is CC(Cn1ccnc1)NCc1ccc2[nH]ccc2c1. The number of aromatic nitrogens is 3. The maximum absolute atomic E-state index is 4.05. The van der Waals surface area contributed by atoms with Crippen LogP contribution in [-0.4, -0.2) is 20.6 Å². The Labute approximate surface area is 112 Å². The second-order valence-corrected chi connectivity index (χ2v) is 4.94. The maximum atomic E-state index is 4.05. The third-order valence-corrected chi connectivity index (χ3v) is 3.32. The summed E-state index contributed by atoms with van der Waals surface area (Å²) in [4.78, 5) is 7.26. The van der Waals surface area contributed by atoms with Crippen LogP contribution in [0, 0.1) is 0 Å². The molecule has 0 saturated heterocycles. The van der Waals surface area contributed by atoms with E-state index in [2.05, 4.69) is 51.0 Å². The van der Waals surface area contributed by atoms with E-state index in [9.17, 15) is 0 Å². The monoisotopic (exact) mass is 254 g/mol. The quantitative estimate of drug-likeness (QED) is 0.735. The van der Waals surface area contributed by atoms with E-state index >= 15 is 0 Å². The minimum atomic E-state index is 0.413. The van der Waals surface area contributed by atoms with E-state index < -0.39 is 0 Å². The summed E-state index contributed by atoms with van der Waals surface area (Å²) < 4.78 is 2.09. The molecule has 0 fully saturated rings. The average molecular weight is 254 g/mol. The molecule has 2 aromatic heterocycles. The number of hydrogen-bond donors (Lipinski definition) is 2. The first-order chi connectivity index (χ1) is 9.31. The molecule has 2 N–H and O–H groups in total. The Bertz CT molecular complexity index is 639. The van der Waals surface area contributed by atoms with Crippen molar-refractivity contribution >= 4 is 10.9 Å². The fourth-order valence-electron chi connectivity index (χ4n) is 2.28. The molecule has 0 aliphatic rings. The number of imidazole rings is 1. The second-order valence-electron chi connectivity index (χ2n) is 4.94. The molecule has 3 aromatic rings. The molecule has 0 aliphatic carbocycles. The molecule has 1 atom stereocenters. The van der Waals surface area contributed by atoms with Crippen LogP contribution in [0.15, 0.2) is 49.2 Å². The largest absolute Gasteiger partial charge is 0.361 e. The number of rotatable bonds is 5. The van der Waals surface area contributed by atoms with Gasteiger partial charge in [0.25, 0.3) is 0 Å². The van der Waals surface area contributed by atoms with Crippen molar-refractivity contribution in [3.05, 3.63) is 54.7 Å². The van der Waals surface area contributed by atoms with Crippen LogP contribution in [0.4, 0.5) is 0 Å². The van der Waals surface area contributed by atoms with Gasteiger partial charge in [-0.2, -0.15) is 0 Å². The van der Waals surface area contributed by atoms with E-state index in [1.54, 1.807) is 0 Å². The Morgan fingerprint density at radius 1 is 1.37 bits per heavy atom. The normalized spacial score (nSPS) is 12.9. The van der Waals surface area contributed by atoms with E-state index in [4.69, 9.17) is 0 Å². The lowest BCUT2D eigenvalue weighted by molar-refractivity contribution is 0.476. The highest BCUT2D eigenvalue weighted by Gasteiger charge is 2.03. The predicted octanol–water partition coefficient (Wildman–Crippen LogP) is 2.54. The van der Waals surface area contributed by atoms with E-state index in [-0.39, 0.29) is 0 Å². The summed E-state index contributed by atoms with van der Waals surface area (Å²) in [5.41, 5.74) is 2.50. The van der Waals surface area contributed by atoms with Gasteiger partial charge in [-0.3, -0.25) is 0 Å². The van der Waals surface area contributed by atoms with Crippen LogP contribution < -0.4 is 5.32 Å². The van der Waals surface area contributed by atoms with E-state index in [1.165, 1.54) is 16.5 Å². The molecular weight excluding hydrogens is 236 g/mol. The third kappa shape index (κ3) is 2.85. The van der Waals surface area contributed by atoms with Crippen molar-refractivity contribution < 1.29 is 0 Å². The van der Waals surface area contributed by atoms with Gasteiger partial charge in [-0.15, -0.1) is 0 Å². The molecule has 1 unspecified atom stereocenters. The Balaban J connectivity index is 1.59. The molecule has 0 aliphatic heterocycles. The van der Waals surface area contributed by atoms with Crippen molar-refractivity contribution in [1.82, 2.24) is 19.9 Å². The van der Waals surface area contributed by atoms with Crippen LogP contribution in [-0.2, 0) is 13.1 Å². The van der Waals surface area contributed by atoms with Gasteiger partial charge in [0.2, 0.25) is 0 Å². The minimum Gasteiger partial charge on any atom is -0.361 e. The third-order valence-electron chi connectivity index (χ3n) is 3.32. The lowest BCUT2D eigenvalue weighted by Crippen LogP contribution is -2.29. The molecule has 0 saturated carbocycles. The number of benzene rings is 1. The van der Waals surface area contributed by atoms with Gasteiger partial charge in [0, 0.05) is 43.2 Å². The van der Waals surface area contributed by atoms with Crippen molar-refractivity contribution in [3.8, 4) is 0 Å². The van der Waals surface area contributed by atoms with Crippen molar-refractivity contribution in [2.24, 2.45) is 0 Å². The molecule has 1 aromatic carbocycles. The summed E-state index contributed by atoms with van der Waals surface area (Å²) in [5.74, 6) is 0. The molecule has 3 rings (SSSR count). The lowest BCUT2D eigenvalue weighted by Gasteiger charge is -2.14. The minimum absolute atomic E-state index is 0.413. The first-order valence-electron chi connectivity index (χ1n) is 6.56. The van der Waals surface area contributed by atoms with Crippen molar-refractivity contribution in [3.63, 3.8) is 0 Å². The van der Waals surface area contributed by atoms with Crippen LogP contribution in [0.1, 0.15) is 12.5 Å². The molecule has 98 valence electrons. The molecular formula is C15H18N4. The zero-order valence-electron chi connectivity index (χ0n) is 11.0. The van der Waals surface area contributed by atoms with E-state index in [1.807, 2.05) is 24.9 Å². The molecule has 0 amide bonds. The number of hydrogen-bond acceptors (Lipinski definition) is 2. The van der Waals surface area contributed by atoms with Gasteiger partial charge < -0.3 is 14.9 Å². The number of aromatic amines is 1. The van der Waals surface area contributed by atoms with Gasteiger partial charge in [-0.1, -0.05) is 6.07 Å². The van der Waals surface area contributed by atoms with Crippen molar-refractivity contribution in [2.75, 3.05) is 0 Å². The van der Waals surface area contributed by atoms with Gasteiger partial charge in [0.1, 0.15) is 0 Å². The van der Waals surface area contributed by atoms with Gasteiger partial charge in [-0.05, 0) is 36.1 Å². The second kappa shape index (κ2) is 5.28. The number of H-pyrrole nitrogens is 1. The number of fused-ring (bicyclic) bond motifs is 1. The summed E-state index contributed by atoms with van der Waals surface area (Å²) in [6.07, 6.45) is 7.63. The van der Waals surface area contributed by atoms with Crippen LogP contribution in [0.2, 0.25) is 0 Å². The zero-order valence-corrected chi connectivity index (χ0v) is 11.0. The van der Waals surface area contributed by atoms with E-state index in [0.29, 0.717) is 6.04 Å². The molecule has 4 heteroatoms. The van der Waals surface area contributed by atoms with Gasteiger partial charge >= 0.3 is 0 Å². The summed E-state index contributed by atoms with van der Waals surface area (Å²) in [6, 6.07) is 9.04. The highest BCUT2D eigenvalue weighted by Crippen LogP contribution is 2.14. The van der Waals surface area contributed by atoms with Gasteiger partial charge in [0.05, 0.1) is 6.33 Å². The van der Waals surface area contributed by atoms with Gasteiger partial charge in [0.15, 0.2) is 0 Å². The van der Waals surface area contributed by atoms with Crippen LogP contribution >= 0.6 is 0 Å². The lowest BCUT2D eigenvalue weighted by atomic mass is 10.1.